The molecular formula is C13H18IN5O. The minimum atomic E-state index is -0.0707. The topological polar surface area (TPSA) is 56.0 Å². The van der Waals surface area contributed by atoms with Crippen molar-refractivity contribution in [2.45, 2.75) is 26.9 Å². The Hall–Kier alpha value is -1.38. The predicted molar refractivity (Wildman–Crippen MR) is 84.4 cm³/mol. The third kappa shape index (κ3) is 2.87. The molecular weight excluding hydrogens is 369 g/mol. The van der Waals surface area contributed by atoms with Crippen LogP contribution in [0.25, 0.3) is 0 Å². The molecule has 2 heterocycles. The first-order chi connectivity index (χ1) is 9.43. The fraction of sp³-hybridized carbons (Fsp3) is 0.462. The molecule has 20 heavy (non-hydrogen) atoms. The van der Waals surface area contributed by atoms with Gasteiger partial charge in [-0.15, -0.1) is 0 Å². The van der Waals surface area contributed by atoms with E-state index in [-0.39, 0.29) is 5.91 Å². The van der Waals surface area contributed by atoms with Crippen LogP contribution in [0, 0.1) is 10.5 Å². The van der Waals surface area contributed by atoms with Crippen LogP contribution in [0.2, 0.25) is 0 Å². The van der Waals surface area contributed by atoms with Gasteiger partial charge < -0.3 is 4.90 Å². The van der Waals surface area contributed by atoms with E-state index in [1.807, 2.05) is 31.0 Å². The number of nitrogens with zero attached hydrogens (tertiary/aromatic N) is 5. The summed E-state index contributed by atoms with van der Waals surface area (Å²) in [5.74, 6) is -0.0707. The average Bonchev–Trinajstić information content (AvgIpc) is 2.92. The van der Waals surface area contributed by atoms with Gasteiger partial charge in [0.15, 0.2) is 5.69 Å². The molecule has 0 atom stereocenters. The number of amides is 1. The summed E-state index contributed by atoms with van der Waals surface area (Å²) >= 11 is 2.13. The smallest absolute Gasteiger partial charge is 0.275 e. The van der Waals surface area contributed by atoms with E-state index in [4.69, 9.17) is 0 Å². The molecule has 0 radical (unpaired) electrons. The molecule has 2 rings (SSSR count). The molecule has 0 fully saturated rings. The average molecular weight is 387 g/mol. The van der Waals surface area contributed by atoms with Gasteiger partial charge >= 0.3 is 0 Å². The molecule has 0 saturated carbocycles. The van der Waals surface area contributed by atoms with Crippen LogP contribution in [0.1, 0.15) is 28.7 Å². The Morgan fingerprint density at radius 1 is 1.50 bits per heavy atom. The first-order valence-electron chi connectivity index (χ1n) is 6.40. The van der Waals surface area contributed by atoms with Gasteiger partial charge in [-0.05, 0) is 36.4 Å². The van der Waals surface area contributed by atoms with Crippen molar-refractivity contribution in [2.24, 2.45) is 7.05 Å². The maximum Gasteiger partial charge on any atom is 0.275 e. The Labute approximate surface area is 131 Å². The standard InChI is InChI=1S/C13H18IN5O/c1-5-19-9(2)10(6-15-19)7-17(3)13(20)12-11(14)8-18(4)16-12/h6,8H,5,7H2,1-4H3. The lowest BCUT2D eigenvalue weighted by molar-refractivity contribution is 0.0777. The molecule has 108 valence electrons. The van der Waals surface area contributed by atoms with E-state index in [0.717, 1.165) is 21.4 Å². The molecule has 0 N–H and O–H groups in total. The Morgan fingerprint density at radius 2 is 2.20 bits per heavy atom. The van der Waals surface area contributed by atoms with Gasteiger partial charge in [-0.25, -0.2) is 0 Å². The zero-order valence-corrected chi connectivity index (χ0v) is 14.2. The van der Waals surface area contributed by atoms with Crippen molar-refractivity contribution in [1.29, 1.82) is 0 Å². The molecule has 0 aliphatic carbocycles. The zero-order valence-electron chi connectivity index (χ0n) is 12.1. The second-order valence-electron chi connectivity index (χ2n) is 4.73. The van der Waals surface area contributed by atoms with Crippen LogP contribution in [-0.4, -0.2) is 37.4 Å². The first kappa shape index (κ1) is 15.0. The maximum absolute atomic E-state index is 12.4. The van der Waals surface area contributed by atoms with E-state index >= 15 is 0 Å². The van der Waals surface area contributed by atoms with Gasteiger partial charge in [-0.1, -0.05) is 0 Å². The highest BCUT2D eigenvalue weighted by Gasteiger charge is 2.19. The molecule has 0 unspecified atom stereocenters. The summed E-state index contributed by atoms with van der Waals surface area (Å²) in [7, 11) is 3.60. The van der Waals surface area contributed by atoms with Crippen LogP contribution in [0.5, 0.6) is 0 Å². The molecule has 2 aromatic rings. The molecule has 0 aromatic carbocycles. The minimum Gasteiger partial charge on any atom is -0.336 e. The van der Waals surface area contributed by atoms with Crippen LogP contribution in [0.15, 0.2) is 12.4 Å². The number of carbonyl (C=O) groups is 1. The molecule has 1 amide bonds. The second-order valence-corrected chi connectivity index (χ2v) is 5.89. The predicted octanol–water partition coefficient (Wildman–Crippen LogP) is 1.82. The first-order valence-corrected chi connectivity index (χ1v) is 7.47. The van der Waals surface area contributed by atoms with E-state index in [1.54, 1.807) is 16.6 Å². The van der Waals surface area contributed by atoms with Crippen molar-refractivity contribution in [3.8, 4) is 0 Å². The largest absolute Gasteiger partial charge is 0.336 e. The fourth-order valence-corrected chi connectivity index (χ4v) is 2.81. The van der Waals surface area contributed by atoms with E-state index in [0.29, 0.717) is 12.2 Å². The van der Waals surface area contributed by atoms with E-state index in [2.05, 4.69) is 39.7 Å². The van der Waals surface area contributed by atoms with Crippen LogP contribution in [0.3, 0.4) is 0 Å². The molecule has 6 nitrogen and oxygen atoms in total. The van der Waals surface area contributed by atoms with Crippen LogP contribution < -0.4 is 0 Å². The highest BCUT2D eigenvalue weighted by molar-refractivity contribution is 14.1. The normalized spacial score (nSPS) is 10.8. The van der Waals surface area contributed by atoms with Gasteiger partial charge in [0.25, 0.3) is 5.91 Å². The number of rotatable bonds is 4. The number of hydrogen-bond donors (Lipinski definition) is 0. The molecule has 0 saturated heterocycles. The van der Waals surface area contributed by atoms with Gasteiger partial charge in [0, 0.05) is 44.6 Å². The molecule has 7 heteroatoms. The molecule has 0 bridgehead atoms. The fourth-order valence-electron chi connectivity index (χ4n) is 2.07. The Bertz CT molecular complexity index is 631. The third-order valence-corrected chi connectivity index (χ3v) is 4.03. The van der Waals surface area contributed by atoms with Gasteiger partial charge in [-0.2, -0.15) is 10.2 Å². The highest BCUT2D eigenvalue weighted by atomic mass is 127. The SMILES string of the molecule is CCn1ncc(CN(C)C(=O)c2nn(C)cc2I)c1C. The summed E-state index contributed by atoms with van der Waals surface area (Å²) in [6.45, 7) is 5.45. The summed E-state index contributed by atoms with van der Waals surface area (Å²) < 4.78 is 4.45. The Balaban J connectivity index is 2.15. The number of aryl methyl sites for hydroxylation is 2. The van der Waals surface area contributed by atoms with Crippen LogP contribution in [-0.2, 0) is 20.1 Å². The summed E-state index contributed by atoms with van der Waals surface area (Å²) in [6, 6.07) is 0. The molecule has 0 aliphatic rings. The van der Waals surface area contributed by atoms with Crippen molar-refractivity contribution in [2.75, 3.05) is 7.05 Å². The minimum absolute atomic E-state index is 0.0707. The maximum atomic E-state index is 12.4. The highest BCUT2D eigenvalue weighted by Crippen LogP contribution is 2.15. The third-order valence-electron chi connectivity index (χ3n) is 3.25. The number of aromatic nitrogens is 4. The van der Waals surface area contributed by atoms with Crippen molar-refractivity contribution in [3.63, 3.8) is 0 Å². The summed E-state index contributed by atoms with van der Waals surface area (Å²) in [5, 5.41) is 8.51. The Morgan fingerprint density at radius 3 is 2.70 bits per heavy atom. The van der Waals surface area contributed by atoms with E-state index < -0.39 is 0 Å². The number of halogens is 1. The van der Waals surface area contributed by atoms with E-state index in [9.17, 15) is 4.79 Å². The second kappa shape index (κ2) is 5.94. The van der Waals surface area contributed by atoms with Gasteiger partial charge in [0.1, 0.15) is 0 Å². The summed E-state index contributed by atoms with van der Waals surface area (Å²) in [5.41, 5.74) is 2.66. The van der Waals surface area contributed by atoms with Gasteiger partial charge in [0.2, 0.25) is 0 Å². The van der Waals surface area contributed by atoms with Crippen LogP contribution >= 0.6 is 22.6 Å². The zero-order chi connectivity index (χ0) is 14.9. The number of hydrogen-bond acceptors (Lipinski definition) is 3. The van der Waals surface area contributed by atoms with Crippen molar-refractivity contribution in [3.05, 3.63) is 32.9 Å². The molecule has 0 spiro atoms. The van der Waals surface area contributed by atoms with Crippen molar-refractivity contribution < 1.29 is 4.79 Å². The van der Waals surface area contributed by atoms with Gasteiger partial charge in [-0.3, -0.25) is 14.2 Å². The van der Waals surface area contributed by atoms with E-state index in [1.165, 1.54) is 0 Å². The van der Waals surface area contributed by atoms with Gasteiger partial charge in [0.05, 0.1) is 9.77 Å². The summed E-state index contributed by atoms with van der Waals surface area (Å²) in [6.07, 6.45) is 3.66. The lowest BCUT2D eigenvalue weighted by Gasteiger charge is -2.16. The van der Waals surface area contributed by atoms with Crippen LogP contribution in [0.4, 0.5) is 0 Å². The van der Waals surface area contributed by atoms with Crippen molar-refractivity contribution in [1.82, 2.24) is 24.5 Å². The van der Waals surface area contributed by atoms with Crippen molar-refractivity contribution >= 4 is 28.5 Å². The lowest BCUT2D eigenvalue weighted by Crippen LogP contribution is -2.27. The molecule has 0 aliphatic heterocycles. The summed E-state index contributed by atoms with van der Waals surface area (Å²) in [4.78, 5) is 14.1. The lowest BCUT2D eigenvalue weighted by atomic mass is 10.2. The monoisotopic (exact) mass is 387 g/mol. The number of carbonyl (C=O) groups excluding carboxylic acids is 1. The quantitative estimate of drug-likeness (QED) is 0.753. The molecule has 2 aromatic heterocycles. The Kier molecular flexibility index (Phi) is 4.46.